The van der Waals surface area contributed by atoms with Crippen molar-refractivity contribution >= 4 is 17.5 Å². The summed E-state index contributed by atoms with van der Waals surface area (Å²) in [5.41, 5.74) is 1.97. The van der Waals surface area contributed by atoms with E-state index in [0.717, 1.165) is 22.7 Å². The van der Waals surface area contributed by atoms with Gasteiger partial charge in [0.25, 0.3) is 5.91 Å². The Morgan fingerprint density at radius 2 is 1.86 bits per heavy atom. The van der Waals surface area contributed by atoms with Crippen LogP contribution in [0, 0.1) is 0 Å². The van der Waals surface area contributed by atoms with E-state index < -0.39 is 0 Å². The van der Waals surface area contributed by atoms with E-state index in [2.05, 4.69) is 20.6 Å². The van der Waals surface area contributed by atoms with Gasteiger partial charge < -0.3 is 20.1 Å². The summed E-state index contributed by atoms with van der Waals surface area (Å²) >= 11 is 0. The van der Waals surface area contributed by atoms with Crippen LogP contribution in [0.25, 0.3) is 0 Å². The van der Waals surface area contributed by atoms with Gasteiger partial charge in [0.15, 0.2) is 0 Å². The van der Waals surface area contributed by atoms with Crippen molar-refractivity contribution in [2.45, 2.75) is 13.5 Å². The minimum absolute atomic E-state index is 0.276. The van der Waals surface area contributed by atoms with Gasteiger partial charge in [0.05, 0.1) is 13.7 Å². The van der Waals surface area contributed by atoms with Gasteiger partial charge in [0.1, 0.15) is 17.2 Å². The van der Waals surface area contributed by atoms with E-state index >= 15 is 0 Å². The monoisotopic (exact) mass is 378 g/mol. The highest BCUT2D eigenvalue weighted by Crippen LogP contribution is 2.19. The van der Waals surface area contributed by atoms with Crippen LogP contribution < -0.4 is 20.1 Å². The fraction of sp³-hybridized carbons (Fsp3) is 0.190. The van der Waals surface area contributed by atoms with Crippen LogP contribution in [-0.2, 0) is 6.54 Å². The number of methoxy groups -OCH3 is 1. The second-order valence-electron chi connectivity index (χ2n) is 5.84. The molecule has 0 aliphatic rings. The Morgan fingerprint density at radius 1 is 1.07 bits per heavy atom. The van der Waals surface area contributed by atoms with Crippen LogP contribution in [0.2, 0.25) is 0 Å². The predicted molar refractivity (Wildman–Crippen MR) is 107 cm³/mol. The summed E-state index contributed by atoms with van der Waals surface area (Å²) in [4.78, 5) is 20.9. The van der Waals surface area contributed by atoms with Crippen molar-refractivity contribution in [2.24, 2.45) is 0 Å². The molecule has 0 fully saturated rings. The topological polar surface area (TPSA) is 85.4 Å². The highest BCUT2D eigenvalue weighted by Gasteiger charge is 2.10. The van der Waals surface area contributed by atoms with Gasteiger partial charge in [0.2, 0.25) is 5.95 Å². The van der Waals surface area contributed by atoms with E-state index in [1.807, 2.05) is 55.5 Å². The molecule has 0 radical (unpaired) electrons. The first-order chi connectivity index (χ1) is 13.7. The van der Waals surface area contributed by atoms with Crippen molar-refractivity contribution in [2.75, 3.05) is 19.0 Å². The van der Waals surface area contributed by atoms with E-state index in [1.54, 1.807) is 19.4 Å². The molecule has 3 rings (SSSR count). The first-order valence-electron chi connectivity index (χ1n) is 8.92. The quantitative estimate of drug-likeness (QED) is 0.623. The van der Waals surface area contributed by atoms with Crippen LogP contribution in [0.15, 0.2) is 60.8 Å². The predicted octanol–water partition coefficient (Wildman–Crippen LogP) is 3.56. The second kappa shape index (κ2) is 9.36. The summed E-state index contributed by atoms with van der Waals surface area (Å²) in [5, 5.41) is 5.93. The van der Waals surface area contributed by atoms with Crippen LogP contribution in [0.3, 0.4) is 0 Å². The van der Waals surface area contributed by atoms with Crippen LogP contribution in [0.4, 0.5) is 11.6 Å². The van der Waals surface area contributed by atoms with Crippen molar-refractivity contribution < 1.29 is 14.3 Å². The molecule has 7 nitrogen and oxygen atoms in total. The minimum Gasteiger partial charge on any atom is -0.496 e. The number of nitrogens with zero attached hydrogens (tertiary/aromatic N) is 2. The molecule has 0 aliphatic heterocycles. The van der Waals surface area contributed by atoms with Gasteiger partial charge in [-0.15, -0.1) is 0 Å². The SMILES string of the molecule is CCOc1ccc(Nc2nccc(C(=O)NCc3ccccc3OC)n2)cc1. The molecule has 3 aromatic rings. The summed E-state index contributed by atoms with van der Waals surface area (Å²) in [7, 11) is 1.60. The highest BCUT2D eigenvalue weighted by molar-refractivity contribution is 5.92. The fourth-order valence-corrected chi connectivity index (χ4v) is 2.59. The molecule has 144 valence electrons. The van der Waals surface area contributed by atoms with Crippen molar-refractivity contribution in [3.63, 3.8) is 0 Å². The molecule has 1 heterocycles. The maximum absolute atomic E-state index is 12.5. The largest absolute Gasteiger partial charge is 0.496 e. The zero-order chi connectivity index (χ0) is 19.8. The van der Waals surface area contributed by atoms with Gasteiger partial charge >= 0.3 is 0 Å². The van der Waals surface area contributed by atoms with Crippen LogP contribution >= 0.6 is 0 Å². The number of ether oxygens (including phenoxy) is 2. The Labute approximate surface area is 163 Å². The van der Waals surface area contributed by atoms with Crippen LogP contribution in [0.1, 0.15) is 23.0 Å². The number of carbonyl (C=O) groups is 1. The zero-order valence-corrected chi connectivity index (χ0v) is 15.8. The first kappa shape index (κ1) is 19.2. The zero-order valence-electron chi connectivity index (χ0n) is 15.8. The Kier molecular flexibility index (Phi) is 6.41. The lowest BCUT2D eigenvalue weighted by Gasteiger charge is -2.10. The van der Waals surface area contributed by atoms with Gasteiger partial charge in [-0.1, -0.05) is 18.2 Å². The molecule has 0 saturated heterocycles. The van der Waals surface area contributed by atoms with E-state index in [0.29, 0.717) is 19.1 Å². The van der Waals surface area contributed by atoms with E-state index in [-0.39, 0.29) is 11.6 Å². The molecule has 1 amide bonds. The number of hydrogen-bond donors (Lipinski definition) is 2. The molecule has 0 saturated carbocycles. The number of nitrogens with one attached hydrogen (secondary N) is 2. The van der Waals surface area contributed by atoms with Gasteiger partial charge in [-0.3, -0.25) is 4.79 Å². The maximum Gasteiger partial charge on any atom is 0.270 e. The van der Waals surface area contributed by atoms with Gasteiger partial charge in [-0.2, -0.15) is 0 Å². The van der Waals surface area contributed by atoms with Crippen LogP contribution in [0.5, 0.6) is 11.5 Å². The fourth-order valence-electron chi connectivity index (χ4n) is 2.59. The molecule has 0 bridgehead atoms. The molecule has 0 unspecified atom stereocenters. The van der Waals surface area contributed by atoms with Crippen molar-refractivity contribution in [3.8, 4) is 11.5 Å². The minimum atomic E-state index is -0.289. The average molecular weight is 378 g/mol. The molecular weight excluding hydrogens is 356 g/mol. The number of hydrogen-bond acceptors (Lipinski definition) is 6. The molecule has 2 N–H and O–H groups in total. The molecule has 7 heteroatoms. The Hall–Kier alpha value is -3.61. The Balaban J connectivity index is 1.64. The summed E-state index contributed by atoms with van der Waals surface area (Å²) in [6.45, 7) is 2.89. The van der Waals surface area contributed by atoms with E-state index in [9.17, 15) is 4.79 Å². The third-order valence-corrected chi connectivity index (χ3v) is 3.94. The number of carbonyl (C=O) groups excluding carboxylic acids is 1. The third kappa shape index (κ3) is 4.97. The van der Waals surface area contributed by atoms with E-state index in [4.69, 9.17) is 9.47 Å². The number of aromatic nitrogens is 2. The summed E-state index contributed by atoms with van der Waals surface area (Å²) in [5.74, 6) is 1.57. The Morgan fingerprint density at radius 3 is 2.61 bits per heavy atom. The number of anilines is 2. The lowest BCUT2D eigenvalue weighted by atomic mass is 10.2. The smallest absolute Gasteiger partial charge is 0.270 e. The van der Waals surface area contributed by atoms with Crippen molar-refractivity contribution in [1.82, 2.24) is 15.3 Å². The maximum atomic E-state index is 12.5. The number of benzene rings is 2. The van der Waals surface area contributed by atoms with Crippen molar-refractivity contribution in [1.29, 1.82) is 0 Å². The highest BCUT2D eigenvalue weighted by atomic mass is 16.5. The summed E-state index contributed by atoms with van der Waals surface area (Å²) < 4.78 is 10.7. The normalized spacial score (nSPS) is 10.2. The number of para-hydroxylation sites is 1. The van der Waals surface area contributed by atoms with Gasteiger partial charge in [0, 0.05) is 24.0 Å². The average Bonchev–Trinajstić information content (AvgIpc) is 2.74. The lowest BCUT2D eigenvalue weighted by Crippen LogP contribution is -2.24. The Bertz CT molecular complexity index is 929. The lowest BCUT2D eigenvalue weighted by molar-refractivity contribution is 0.0945. The molecule has 2 aromatic carbocycles. The standard InChI is InChI=1S/C21H22N4O3/c1-3-28-17-10-8-16(9-11-17)24-21-22-13-12-18(25-21)20(26)23-14-15-6-4-5-7-19(15)27-2/h4-13H,3,14H2,1-2H3,(H,23,26)(H,22,24,25). The first-order valence-corrected chi connectivity index (χ1v) is 8.92. The molecule has 0 aliphatic carbocycles. The molecular formula is C21H22N4O3. The van der Waals surface area contributed by atoms with Gasteiger partial charge in [-0.25, -0.2) is 9.97 Å². The molecule has 1 aromatic heterocycles. The number of amides is 1. The van der Waals surface area contributed by atoms with Gasteiger partial charge in [-0.05, 0) is 43.3 Å². The third-order valence-electron chi connectivity index (χ3n) is 3.94. The molecule has 28 heavy (non-hydrogen) atoms. The van der Waals surface area contributed by atoms with Crippen LogP contribution in [-0.4, -0.2) is 29.6 Å². The summed E-state index contributed by atoms with van der Waals surface area (Å²) in [6, 6.07) is 16.5. The van der Waals surface area contributed by atoms with Crippen molar-refractivity contribution in [3.05, 3.63) is 72.1 Å². The second-order valence-corrected chi connectivity index (χ2v) is 5.84. The summed E-state index contributed by atoms with van der Waals surface area (Å²) in [6.07, 6.45) is 1.54. The molecule has 0 atom stereocenters. The van der Waals surface area contributed by atoms with E-state index in [1.165, 1.54) is 0 Å². The molecule has 0 spiro atoms. The number of rotatable bonds is 8.